The average Bonchev–Trinajstić information content (AvgIpc) is 3.52. The summed E-state index contributed by atoms with van der Waals surface area (Å²) in [6.07, 6.45) is 0. The van der Waals surface area contributed by atoms with Gasteiger partial charge in [0.15, 0.2) is 0 Å². The molecule has 0 saturated heterocycles. The molecule has 2 aliphatic rings. The van der Waals surface area contributed by atoms with Gasteiger partial charge in [-0.15, -0.1) is 0 Å². The van der Waals surface area contributed by atoms with Gasteiger partial charge in [-0.3, -0.25) is 0 Å². The lowest BCUT2D eigenvalue weighted by Crippen LogP contribution is -2.18. The molecule has 0 radical (unpaired) electrons. The molecule has 7 aromatic carbocycles. The van der Waals surface area contributed by atoms with Gasteiger partial charge in [0.2, 0.25) is 0 Å². The van der Waals surface area contributed by atoms with E-state index in [9.17, 15) is 0 Å². The molecule has 9 rings (SSSR count). The van der Waals surface area contributed by atoms with E-state index in [1.807, 2.05) is 0 Å². The highest BCUT2D eigenvalue weighted by Crippen LogP contribution is 2.57. The van der Waals surface area contributed by atoms with Crippen LogP contribution in [0.3, 0.4) is 0 Å². The van der Waals surface area contributed by atoms with Gasteiger partial charge in [-0.25, -0.2) is 0 Å². The van der Waals surface area contributed by atoms with Crippen LogP contribution in [0.2, 0.25) is 0 Å². The number of hydrogen-bond donors (Lipinski definition) is 0. The summed E-state index contributed by atoms with van der Waals surface area (Å²) in [5, 5.41) is 0. The molecule has 0 fully saturated rings. The fraction of sp³-hybridized carbons (Fsp3) is 0.125. The highest BCUT2D eigenvalue weighted by atomic mass is 79.9. The highest BCUT2D eigenvalue weighted by Gasteiger charge is 2.42. The summed E-state index contributed by atoms with van der Waals surface area (Å²) >= 11 is 14.5. The van der Waals surface area contributed by atoms with Crippen LogP contribution in [0.25, 0.3) is 22.3 Å². The second-order valence-corrected chi connectivity index (χ2v) is 18.9. The molecule has 0 spiro atoms. The first-order valence-corrected chi connectivity index (χ1v) is 21.2. The summed E-state index contributed by atoms with van der Waals surface area (Å²) in [6, 6.07) is 53.3. The first-order valence-electron chi connectivity index (χ1n) is 18.0. The average molecular weight is 960 g/mol. The van der Waals surface area contributed by atoms with Gasteiger partial charge in [-0.1, -0.05) is 104 Å². The standard InChI is InChI=1S/C48H36Br4N2/c1-47(2)43-25-37(53(33-13-5-29(49)6-14-33)34-15-7-30(50)8-16-34)21-23-39(43)41-28-46-42(27-45(41)47)40-24-22-38(26-44(40)48(46,3)4)54(35-17-9-31(51)10-18-35)36-19-11-32(52)12-20-36/h5-28H,1-4H3. The van der Waals surface area contributed by atoms with Gasteiger partial charge in [0.25, 0.3) is 0 Å². The monoisotopic (exact) mass is 956 g/mol. The summed E-state index contributed by atoms with van der Waals surface area (Å²) in [7, 11) is 0. The smallest absolute Gasteiger partial charge is 0.0465 e. The van der Waals surface area contributed by atoms with Crippen LogP contribution in [-0.2, 0) is 10.8 Å². The van der Waals surface area contributed by atoms with Crippen molar-refractivity contribution in [3.63, 3.8) is 0 Å². The highest BCUT2D eigenvalue weighted by molar-refractivity contribution is 9.11. The quantitative estimate of drug-likeness (QED) is 0.164. The molecule has 6 heteroatoms. The van der Waals surface area contributed by atoms with Crippen molar-refractivity contribution in [2.75, 3.05) is 9.80 Å². The van der Waals surface area contributed by atoms with Crippen LogP contribution in [0, 0.1) is 0 Å². The van der Waals surface area contributed by atoms with Crippen molar-refractivity contribution in [3.8, 4) is 22.3 Å². The second kappa shape index (κ2) is 13.4. The normalized spacial score (nSPS) is 14.2. The van der Waals surface area contributed by atoms with Crippen LogP contribution in [-0.4, -0.2) is 0 Å². The molecule has 0 amide bonds. The Hall–Kier alpha value is -3.94. The van der Waals surface area contributed by atoms with Crippen LogP contribution in [0.1, 0.15) is 49.9 Å². The fourth-order valence-electron chi connectivity index (χ4n) is 8.47. The molecule has 2 aliphatic carbocycles. The third kappa shape index (κ3) is 5.92. The zero-order chi connectivity index (χ0) is 37.5. The summed E-state index contributed by atoms with van der Waals surface area (Å²) in [4.78, 5) is 4.70. The third-order valence-electron chi connectivity index (χ3n) is 11.3. The number of rotatable bonds is 6. The van der Waals surface area contributed by atoms with Crippen LogP contribution in [0.4, 0.5) is 34.1 Å². The fourth-order valence-corrected chi connectivity index (χ4v) is 9.53. The zero-order valence-corrected chi connectivity index (χ0v) is 36.6. The Balaban J connectivity index is 1.14. The minimum Gasteiger partial charge on any atom is -0.310 e. The molecule has 54 heavy (non-hydrogen) atoms. The van der Waals surface area contributed by atoms with E-state index in [1.165, 1.54) is 44.5 Å². The van der Waals surface area contributed by atoms with Gasteiger partial charge in [-0.05, 0) is 178 Å². The van der Waals surface area contributed by atoms with Crippen LogP contribution in [0.5, 0.6) is 0 Å². The molecule has 0 aromatic heterocycles. The molecule has 0 atom stereocenters. The first kappa shape index (κ1) is 35.7. The van der Waals surface area contributed by atoms with Gasteiger partial charge >= 0.3 is 0 Å². The van der Waals surface area contributed by atoms with E-state index in [-0.39, 0.29) is 10.8 Å². The number of benzene rings is 7. The molecule has 0 aliphatic heterocycles. The molecule has 2 nitrogen and oxygen atoms in total. The molecule has 0 heterocycles. The van der Waals surface area contributed by atoms with Crippen molar-refractivity contribution < 1.29 is 0 Å². The maximum Gasteiger partial charge on any atom is 0.0465 e. The van der Waals surface area contributed by atoms with E-state index in [2.05, 4.69) is 247 Å². The molecule has 0 N–H and O–H groups in total. The zero-order valence-electron chi connectivity index (χ0n) is 30.3. The van der Waals surface area contributed by atoms with E-state index in [0.29, 0.717) is 0 Å². The lowest BCUT2D eigenvalue weighted by Gasteiger charge is -2.28. The van der Waals surface area contributed by atoms with Gasteiger partial charge < -0.3 is 9.80 Å². The van der Waals surface area contributed by atoms with Crippen LogP contribution < -0.4 is 9.80 Å². The SMILES string of the molecule is CC1(C)c2cc(N(c3ccc(Br)cc3)c3ccc(Br)cc3)ccc2-c2cc3c(cc21)-c1ccc(N(c2ccc(Br)cc2)c2ccc(Br)cc2)cc1C3(C)C. The largest absolute Gasteiger partial charge is 0.310 e. The van der Waals surface area contributed by atoms with Gasteiger partial charge in [-0.2, -0.15) is 0 Å². The van der Waals surface area contributed by atoms with Crippen LogP contribution >= 0.6 is 63.7 Å². The molecule has 0 bridgehead atoms. The number of halogens is 4. The maximum atomic E-state index is 3.63. The first-order chi connectivity index (χ1) is 25.9. The van der Waals surface area contributed by atoms with Gasteiger partial charge in [0.05, 0.1) is 0 Å². The van der Waals surface area contributed by atoms with Gasteiger partial charge in [0.1, 0.15) is 0 Å². The molecular weight excluding hydrogens is 924 g/mol. The van der Waals surface area contributed by atoms with E-state index >= 15 is 0 Å². The van der Waals surface area contributed by atoms with Crippen molar-refractivity contribution >= 4 is 97.8 Å². The van der Waals surface area contributed by atoms with Crippen molar-refractivity contribution in [3.05, 3.63) is 186 Å². The van der Waals surface area contributed by atoms with E-state index in [4.69, 9.17) is 0 Å². The molecule has 266 valence electrons. The Morgan fingerprint density at radius 1 is 0.296 bits per heavy atom. The van der Waals surface area contributed by atoms with Crippen molar-refractivity contribution in [2.45, 2.75) is 38.5 Å². The Bertz CT molecular complexity index is 2300. The predicted molar refractivity (Wildman–Crippen MR) is 242 cm³/mol. The number of nitrogens with zero attached hydrogens (tertiary/aromatic N) is 2. The number of anilines is 6. The van der Waals surface area contributed by atoms with Crippen molar-refractivity contribution in [1.82, 2.24) is 0 Å². The van der Waals surface area contributed by atoms with Crippen molar-refractivity contribution in [2.24, 2.45) is 0 Å². The Kier molecular flexibility index (Phi) is 8.85. The predicted octanol–water partition coefficient (Wildman–Crippen LogP) is 16.3. The minimum absolute atomic E-state index is 0.187. The molecule has 0 saturated carbocycles. The molecular formula is C48H36Br4N2. The summed E-state index contributed by atoms with van der Waals surface area (Å²) in [5.41, 5.74) is 17.2. The maximum absolute atomic E-state index is 3.63. The van der Waals surface area contributed by atoms with E-state index in [0.717, 1.165) is 52.0 Å². The summed E-state index contributed by atoms with van der Waals surface area (Å²) in [6.45, 7) is 9.54. The van der Waals surface area contributed by atoms with E-state index < -0.39 is 0 Å². The minimum atomic E-state index is -0.187. The number of hydrogen-bond acceptors (Lipinski definition) is 2. The Labute approximate surface area is 351 Å². The lowest BCUT2D eigenvalue weighted by molar-refractivity contribution is 0.652. The number of fused-ring (bicyclic) bond motifs is 6. The van der Waals surface area contributed by atoms with Crippen LogP contribution in [0.15, 0.2) is 163 Å². The summed E-state index contributed by atoms with van der Waals surface area (Å²) in [5.74, 6) is 0. The third-order valence-corrected chi connectivity index (χ3v) is 13.4. The second-order valence-electron chi connectivity index (χ2n) is 15.2. The lowest BCUT2D eigenvalue weighted by atomic mass is 9.79. The Morgan fingerprint density at radius 2 is 0.537 bits per heavy atom. The molecule has 7 aromatic rings. The van der Waals surface area contributed by atoms with Crippen molar-refractivity contribution in [1.29, 1.82) is 0 Å². The molecule has 0 unspecified atom stereocenters. The van der Waals surface area contributed by atoms with E-state index in [1.54, 1.807) is 0 Å². The van der Waals surface area contributed by atoms with Gasteiger partial charge in [0, 0.05) is 62.8 Å². The Morgan fingerprint density at radius 3 is 0.815 bits per heavy atom. The topological polar surface area (TPSA) is 6.48 Å². The summed E-state index contributed by atoms with van der Waals surface area (Å²) < 4.78 is 4.25.